The number of hydrogen-bond donors (Lipinski definition) is 3. The topological polar surface area (TPSA) is 98.0 Å². The zero-order valence-corrected chi connectivity index (χ0v) is 11.5. The summed E-state index contributed by atoms with van der Waals surface area (Å²) in [6, 6.07) is 15.6. The van der Waals surface area contributed by atoms with Crippen LogP contribution in [0, 0.1) is 0 Å². The number of benzene rings is 2. The number of carbonyl (C=O) groups is 1. The number of aromatic amines is 1. The van der Waals surface area contributed by atoms with Crippen LogP contribution >= 0.6 is 0 Å². The molecule has 0 aliphatic carbocycles. The normalized spacial score (nSPS) is 12.8. The molecule has 0 saturated carbocycles. The summed E-state index contributed by atoms with van der Waals surface area (Å²) in [5.74, 6) is -0.970. The van der Waals surface area contributed by atoms with Gasteiger partial charge < -0.3 is 15.2 Å². The van der Waals surface area contributed by atoms with E-state index in [9.17, 15) is 15.0 Å². The van der Waals surface area contributed by atoms with Crippen LogP contribution in [0.5, 0.6) is 5.88 Å². The van der Waals surface area contributed by atoms with Crippen molar-refractivity contribution in [2.45, 2.75) is 6.10 Å². The molecule has 1 amide bonds. The monoisotopic (exact) mass is 295 g/mol. The molecule has 1 heterocycles. The van der Waals surface area contributed by atoms with Crippen LogP contribution in [0.25, 0.3) is 10.9 Å². The molecule has 1 atom stereocenters. The SMILES string of the molecule is O=C(N=Nc1c(O)[nH]c2ccccc12)C(O)c1ccccc1. The molecule has 0 spiro atoms. The maximum Gasteiger partial charge on any atom is 0.297 e. The van der Waals surface area contributed by atoms with Crippen LogP contribution in [0.1, 0.15) is 11.7 Å². The lowest BCUT2D eigenvalue weighted by atomic mass is 10.1. The fourth-order valence-electron chi connectivity index (χ4n) is 2.15. The standard InChI is InChI=1S/C16H13N3O3/c20-14(10-6-2-1-3-7-10)16(22)19-18-13-11-8-4-5-9-12(11)17-15(13)21/h1-9,14,17,20-21H. The first-order chi connectivity index (χ1) is 10.7. The highest BCUT2D eigenvalue weighted by molar-refractivity contribution is 5.94. The highest BCUT2D eigenvalue weighted by atomic mass is 16.3. The van der Waals surface area contributed by atoms with Crippen LogP contribution in [0.3, 0.4) is 0 Å². The Hall–Kier alpha value is -2.99. The van der Waals surface area contributed by atoms with E-state index in [1.807, 2.05) is 6.07 Å². The molecular formula is C16H13N3O3. The fraction of sp³-hybridized carbons (Fsp3) is 0.0625. The second-order valence-electron chi connectivity index (χ2n) is 4.72. The van der Waals surface area contributed by atoms with E-state index < -0.39 is 12.0 Å². The van der Waals surface area contributed by atoms with Crippen molar-refractivity contribution in [2.24, 2.45) is 10.2 Å². The van der Waals surface area contributed by atoms with Crippen molar-refractivity contribution in [3.8, 4) is 5.88 Å². The van der Waals surface area contributed by atoms with Crippen LogP contribution in [-0.2, 0) is 4.79 Å². The molecule has 6 heteroatoms. The molecule has 1 unspecified atom stereocenters. The van der Waals surface area contributed by atoms with Gasteiger partial charge in [-0.2, -0.15) is 0 Å². The Labute approximate surface area is 125 Å². The highest BCUT2D eigenvalue weighted by Gasteiger charge is 2.17. The van der Waals surface area contributed by atoms with Gasteiger partial charge in [0.15, 0.2) is 11.8 Å². The number of aromatic nitrogens is 1. The quantitative estimate of drug-likeness (QED) is 0.647. The first-order valence-electron chi connectivity index (χ1n) is 6.65. The van der Waals surface area contributed by atoms with Gasteiger partial charge in [0.05, 0.1) is 5.52 Å². The molecule has 2 aromatic carbocycles. The Morgan fingerprint density at radius 2 is 1.73 bits per heavy atom. The number of aromatic hydroxyl groups is 1. The number of amides is 1. The van der Waals surface area contributed by atoms with Crippen molar-refractivity contribution in [3.63, 3.8) is 0 Å². The van der Waals surface area contributed by atoms with Crippen LogP contribution in [0.15, 0.2) is 64.8 Å². The van der Waals surface area contributed by atoms with E-state index in [0.717, 1.165) is 0 Å². The highest BCUT2D eigenvalue weighted by Crippen LogP contribution is 2.35. The number of nitrogens with one attached hydrogen (secondary N) is 1. The second kappa shape index (κ2) is 5.79. The number of hydrogen-bond acceptors (Lipinski definition) is 4. The van der Waals surface area contributed by atoms with Gasteiger partial charge in [-0.25, -0.2) is 0 Å². The van der Waals surface area contributed by atoms with Crippen molar-refractivity contribution in [1.29, 1.82) is 0 Å². The van der Waals surface area contributed by atoms with Crippen molar-refractivity contribution >= 4 is 22.5 Å². The Balaban J connectivity index is 1.87. The number of fused-ring (bicyclic) bond motifs is 1. The van der Waals surface area contributed by atoms with Crippen molar-refractivity contribution in [3.05, 3.63) is 60.2 Å². The van der Waals surface area contributed by atoms with E-state index in [4.69, 9.17) is 0 Å². The maximum atomic E-state index is 11.9. The van der Waals surface area contributed by atoms with E-state index >= 15 is 0 Å². The van der Waals surface area contributed by atoms with E-state index in [1.54, 1.807) is 48.5 Å². The van der Waals surface area contributed by atoms with Gasteiger partial charge in [-0.15, -0.1) is 10.2 Å². The smallest absolute Gasteiger partial charge is 0.297 e. The molecule has 0 fully saturated rings. The summed E-state index contributed by atoms with van der Waals surface area (Å²) in [7, 11) is 0. The summed E-state index contributed by atoms with van der Waals surface area (Å²) < 4.78 is 0. The zero-order chi connectivity index (χ0) is 15.5. The molecule has 0 radical (unpaired) electrons. The average molecular weight is 295 g/mol. The van der Waals surface area contributed by atoms with Crippen LogP contribution < -0.4 is 0 Å². The molecule has 110 valence electrons. The van der Waals surface area contributed by atoms with Crippen molar-refractivity contribution in [2.75, 3.05) is 0 Å². The van der Waals surface area contributed by atoms with Crippen LogP contribution in [0.4, 0.5) is 5.69 Å². The molecule has 6 nitrogen and oxygen atoms in total. The van der Waals surface area contributed by atoms with Crippen molar-refractivity contribution < 1.29 is 15.0 Å². The van der Waals surface area contributed by atoms with E-state index in [0.29, 0.717) is 16.5 Å². The predicted octanol–water partition coefficient (Wildman–Crippen LogP) is 3.22. The summed E-state index contributed by atoms with van der Waals surface area (Å²) in [6.45, 7) is 0. The minimum Gasteiger partial charge on any atom is -0.493 e. The Morgan fingerprint density at radius 3 is 2.50 bits per heavy atom. The molecule has 22 heavy (non-hydrogen) atoms. The molecule has 3 N–H and O–H groups in total. The number of azo groups is 1. The molecule has 0 aliphatic rings. The molecule has 1 aromatic heterocycles. The lowest BCUT2D eigenvalue weighted by Gasteiger charge is -2.04. The van der Waals surface area contributed by atoms with E-state index in [-0.39, 0.29) is 11.6 Å². The molecule has 3 rings (SSSR count). The van der Waals surface area contributed by atoms with Gasteiger partial charge in [-0.3, -0.25) is 4.79 Å². The van der Waals surface area contributed by atoms with Crippen LogP contribution in [-0.4, -0.2) is 21.1 Å². The molecular weight excluding hydrogens is 282 g/mol. The first kappa shape index (κ1) is 14.0. The van der Waals surface area contributed by atoms with Crippen molar-refractivity contribution in [1.82, 2.24) is 4.98 Å². The number of aliphatic hydroxyl groups is 1. The number of H-pyrrole nitrogens is 1. The summed E-state index contributed by atoms with van der Waals surface area (Å²) in [5.41, 5.74) is 1.30. The third-order valence-electron chi connectivity index (χ3n) is 3.26. The van der Waals surface area contributed by atoms with E-state index in [2.05, 4.69) is 15.2 Å². The van der Waals surface area contributed by atoms with Gasteiger partial charge in [-0.05, 0) is 11.6 Å². The Bertz CT molecular complexity index is 840. The minimum atomic E-state index is -1.38. The summed E-state index contributed by atoms with van der Waals surface area (Å²) in [6.07, 6.45) is -1.38. The summed E-state index contributed by atoms with van der Waals surface area (Å²) >= 11 is 0. The van der Waals surface area contributed by atoms with Gasteiger partial charge in [0.1, 0.15) is 0 Å². The second-order valence-corrected chi connectivity index (χ2v) is 4.72. The summed E-state index contributed by atoms with van der Waals surface area (Å²) in [5, 5.41) is 27.7. The molecule has 0 saturated heterocycles. The number of para-hydroxylation sites is 1. The Kier molecular flexibility index (Phi) is 3.67. The largest absolute Gasteiger partial charge is 0.493 e. The average Bonchev–Trinajstić information content (AvgIpc) is 2.88. The van der Waals surface area contributed by atoms with Gasteiger partial charge in [0.25, 0.3) is 5.91 Å². The van der Waals surface area contributed by atoms with Gasteiger partial charge in [0, 0.05) is 5.39 Å². The number of aliphatic hydroxyl groups excluding tert-OH is 1. The number of carbonyl (C=O) groups excluding carboxylic acids is 1. The minimum absolute atomic E-state index is 0.171. The third-order valence-corrected chi connectivity index (χ3v) is 3.26. The predicted molar refractivity (Wildman–Crippen MR) is 80.9 cm³/mol. The van der Waals surface area contributed by atoms with Gasteiger partial charge >= 0.3 is 0 Å². The lowest BCUT2D eigenvalue weighted by Crippen LogP contribution is -2.08. The fourth-order valence-corrected chi connectivity index (χ4v) is 2.15. The number of rotatable bonds is 3. The maximum absolute atomic E-state index is 11.9. The molecule has 0 bridgehead atoms. The lowest BCUT2D eigenvalue weighted by molar-refractivity contribution is -0.126. The summed E-state index contributed by atoms with van der Waals surface area (Å²) in [4.78, 5) is 14.6. The Morgan fingerprint density at radius 1 is 1.05 bits per heavy atom. The van der Waals surface area contributed by atoms with Crippen LogP contribution in [0.2, 0.25) is 0 Å². The van der Waals surface area contributed by atoms with E-state index in [1.165, 1.54) is 0 Å². The zero-order valence-electron chi connectivity index (χ0n) is 11.5. The molecule has 3 aromatic rings. The van der Waals surface area contributed by atoms with Gasteiger partial charge in [-0.1, -0.05) is 48.5 Å². The van der Waals surface area contributed by atoms with Gasteiger partial charge in [0.2, 0.25) is 5.88 Å². The first-order valence-corrected chi connectivity index (χ1v) is 6.65. The molecule has 0 aliphatic heterocycles. The number of nitrogens with zero attached hydrogens (tertiary/aromatic N) is 2. The third kappa shape index (κ3) is 2.59.